The van der Waals surface area contributed by atoms with Crippen LogP contribution in [0.25, 0.3) is 0 Å². The van der Waals surface area contributed by atoms with Gasteiger partial charge in [-0.2, -0.15) is 0 Å². The number of hydrogen-bond acceptors (Lipinski definition) is 8. The molecule has 0 spiro atoms. The maximum atomic E-state index is 13.2. The van der Waals surface area contributed by atoms with Crippen LogP contribution < -0.4 is 21.7 Å². The number of benzene rings is 1. The van der Waals surface area contributed by atoms with Gasteiger partial charge in [-0.05, 0) is 30.0 Å². The second kappa shape index (κ2) is 14.6. The first kappa shape index (κ1) is 30.3. The van der Waals surface area contributed by atoms with Crippen molar-refractivity contribution in [2.45, 2.75) is 63.7 Å². The van der Waals surface area contributed by atoms with E-state index in [0.29, 0.717) is 12.0 Å². The molecular weight excluding hydrogens is 476 g/mol. The molecule has 13 nitrogen and oxygen atoms in total. The highest BCUT2D eigenvalue weighted by molar-refractivity contribution is 5.94. The van der Waals surface area contributed by atoms with Crippen LogP contribution in [0.15, 0.2) is 24.3 Å². The third-order valence-corrected chi connectivity index (χ3v) is 5.60. The lowest BCUT2D eigenvalue weighted by Crippen LogP contribution is -2.59. The van der Waals surface area contributed by atoms with Crippen LogP contribution in [0.1, 0.15) is 38.7 Å². The molecule has 3 amide bonds. The van der Waals surface area contributed by atoms with Crippen molar-refractivity contribution in [1.82, 2.24) is 16.0 Å². The zero-order chi connectivity index (χ0) is 27.4. The summed E-state index contributed by atoms with van der Waals surface area (Å²) in [4.78, 5) is 60.7. The normalized spacial score (nSPS) is 15.0. The van der Waals surface area contributed by atoms with Gasteiger partial charge >= 0.3 is 11.9 Å². The second-order valence-electron chi connectivity index (χ2n) is 8.42. The summed E-state index contributed by atoms with van der Waals surface area (Å²) >= 11 is 0. The van der Waals surface area contributed by atoms with Crippen LogP contribution in [-0.4, -0.2) is 80.9 Å². The van der Waals surface area contributed by atoms with Gasteiger partial charge in [0.25, 0.3) is 0 Å². The van der Waals surface area contributed by atoms with E-state index in [1.165, 1.54) is 24.3 Å². The number of carbonyl (C=O) groups excluding carboxylic acids is 3. The molecule has 0 heterocycles. The predicted octanol–water partition coefficient (Wildman–Crippen LogP) is -1.30. The molecule has 0 fully saturated rings. The molecule has 0 aliphatic heterocycles. The standard InChI is InChI=1S/C23H34N4O9/c1-3-12(2)19(22(34)25-16(23(35)36)8-9-18(30)31)27-21(33)17(26-20(32)15(24)11-28)10-13-4-6-14(29)7-5-13/h4-7,12,15-17,19,28-29H,3,8-11,24H2,1-2H3,(H,25,34)(H,26,32)(H,27,33)(H,30,31)(H,35,36). The molecule has 13 heteroatoms. The Morgan fingerprint density at radius 3 is 2.00 bits per heavy atom. The number of amides is 3. The Morgan fingerprint density at radius 1 is 0.917 bits per heavy atom. The average Bonchev–Trinajstić information content (AvgIpc) is 2.84. The Kier molecular flexibility index (Phi) is 12.3. The Balaban J connectivity index is 3.12. The molecule has 5 atom stereocenters. The number of aliphatic hydroxyl groups is 1. The summed E-state index contributed by atoms with van der Waals surface area (Å²) in [7, 11) is 0. The summed E-state index contributed by atoms with van der Waals surface area (Å²) in [6, 6.07) is 0.667. The molecule has 1 rings (SSSR count). The third kappa shape index (κ3) is 9.88. The fourth-order valence-corrected chi connectivity index (χ4v) is 3.18. The number of carboxylic acid groups (broad SMARTS) is 2. The number of aliphatic hydroxyl groups excluding tert-OH is 1. The number of aromatic hydroxyl groups is 1. The minimum atomic E-state index is -1.48. The van der Waals surface area contributed by atoms with Gasteiger partial charge in [-0.25, -0.2) is 4.79 Å². The van der Waals surface area contributed by atoms with Gasteiger partial charge in [0.2, 0.25) is 17.7 Å². The van der Waals surface area contributed by atoms with Gasteiger partial charge < -0.3 is 42.1 Å². The molecule has 1 aromatic rings. The monoisotopic (exact) mass is 510 g/mol. The number of phenols is 1. The Hall–Kier alpha value is -3.71. The van der Waals surface area contributed by atoms with E-state index in [2.05, 4.69) is 16.0 Å². The van der Waals surface area contributed by atoms with Crippen LogP contribution in [0.5, 0.6) is 5.75 Å². The van der Waals surface area contributed by atoms with Crippen molar-refractivity contribution in [1.29, 1.82) is 0 Å². The lowest BCUT2D eigenvalue weighted by atomic mass is 9.96. The van der Waals surface area contributed by atoms with Crippen molar-refractivity contribution < 1.29 is 44.4 Å². The summed E-state index contributed by atoms with van der Waals surface area (Å²) in [6.45, 7) is 2.75. The lowest BCUT2D eigenvalue weighted by molar-refractivity contribution is -0.143. The molecule has 5 unspecified atom stereocenters. The van der Waals surface area contributed by atoms with E-state index in [1.54, 1.807) is 13.8 Å². The first-order chi connectivity index (χ1) is 16.9. The number of carbonyl (C=O) groups is 5. The molecular formula is C23H34N4O9. The van der Waals surface area contributed by atoms with Gasteiger partial charge in [-0.3, -0.25) is 19.2 Å². The van der Waals surface area contributed by atoms with Crippen LogP contribution in [-0.2, 0) is 30.4 Å². The summed E-state index contributed by atoms with van der Waals surface area (Å²) in [5.74, 6) is -5.49. The highest BCUT2D eigenvalue weighted by Gasteiger charge is 2.33. The first-order valence-corrected chi connectivity index (χ1v) is 11.4. The maximum absolute atomic E-state index is 13.2. The largest absolute Gasteiger partial charge is 0.508 e. The van der Waals surface area contributed by atoms with E-state index in [9.17, 15) is 34.2 Å². The maximum Gasteiger partial charge on any atom is 0.326 e. The number of carboxylic acids is 2. The highest BCUT2D eigenvalue weighted by atomic mass is 16.4. The van der Waals surface area contributed by atoms with Crippen molar-refractivity contribution in [3.63, 3.8) is 0 Å². The van der Waals surface area contributed by atoms with Crippen LogP contribution in [0.4, 0.5) is 0 Å². The van der Waals surface area contributed by atoms with Crippen molar-refractivity contribution in [2.75, 3.05) is 6.61 Å². The quantitative estimate of drug-likeness (QED) is 0.139. The highest BCUT2D eigenvalue weighted by Crippen LogP contribution is 2.13. The fraction of sp³-hybridized carbons (Fsp3) is 0.522. The SMILES string of the molecule is CCC(C)C(NC(=O)C(Cc1ccc(O)cc1)NC(=O)C(N)CO)C(=O)NC(CCC(=O)O)C(=O)O. The minimum absolute atomic E-state index is 0.00419. The Bertz CT molecular complexity index is 923. The lowest BCUT2D eigenvalue weighted by Gasteiger charge is -2.28. The number of hydrogen-bond donors (Lipinski definition) is 8. The van der Waals surface area contributed by atoms with Crippen LogP contribution in [0.3, 0.4) is 0 Å². The van der Waals surface area contributed by atoms with Crippen molar-refractivity contribution >= 4 is 29.7 Å². The number of phenolic OH excluding ortho intramolecular Hbond substituents is 1. The van der Waals surface area contributed by atoms with Crippen molar-refractivity contribution in [3.8, 4) is 5.75 Å². The van der Waals surface area contributed by atoms with Crippen molar-refractivity contribution in [3.05, 3.63) is 29.8 Å². The summed E-state index contributed by atoms with van der Waals surface area (Å²) < 4.78 is 0. The van der Waals surface area contributed by atoms with Crippen LogP contribution in [0, 0.1) is 5.92 Å². The smallest absolute Gasteiger partial charge is 0.326 e. The number of nitrogens with two attached hydrogens (primary N) is 1. The van der Waals surface area contributed by atoms with E-state index in [1.807, 2.05) is 0 Å². The topological polar surface area (TPSA) is 228 Å². The van der Waals surface area contributed by atoms with Gasteiger partial charge in [-0.15, -0.1) is 0 Å². The molecule has 9 N–H and O–H groups in total. The molecule has 0 aromatic heterocycles. The molecule has 1 aromatic carbocycles. The van der Waals surface area contributed by atoms with Crippen LogP contribution >= 0.6 is 0 Å². The molecule has 0 aliphatic rings. The third-order valence-electron chi connectivity index (χ3n) is 5.60. The predicted molar refractivity (Wildman–Crippen MR) is 127 cm³/mol. The van der Waals surface area contributed by atoms with E-state index < -0.39 is 72.8 Å². The zero-order valence-electron chi connectivity index (χ0n) is 20.1. The van der Waals surface area contributed by atoms with Gasteiger partial charge in [0, 0.05) is 12.8 Å². The van der Waals surface area contributed by atoms with E-state index in [0.717, 1.165) is 0 Å². The number of rotatable bonds is 15. The molecule has 0 saturated heterocycles. The molecule has 36 heavy (non-hydrogen) atoms. The van der Waals surface area contributed by atoms with Gasteiger partial charge in [-0.1, -0.05) is 32.4 Å². The average molecular weight is 511 g/mol. The van der Waals surface area contributed by atoms with E-state index >= 15 is 0 Å². The van der Waals surface area contributed by atoms with Gasteiger partial charge in [0.05, 0.1) is 6.61 Å². The molecule has 0 bridgehead atoms. The number of nitrogens with one attached hydrogen (secondary N) is 3. The van der Waals surface area contributed by atoms with Gasteiger partial charge in [0.1, 0.15) is 29.9 Å². The van der Waals surface area contributed by atoms with Gasteiger partial charge in [0.15, 0.2) is 0 Å². The zero-order valence-corrected chi connectivity index (χ0v) is 20.1. The summed E-state index contributed by atoms with van der Waals surface area (Å²) in [6.07, 6.45) is -0.448. The second-order valence-corrected chi connectivity index (χ2v) is 8.42. The molecule has 200 valence electrons. The minimum Gasteiger partial charge on any atom is -0.508 e. The fourth-order valence-electron chi connectivity index (χ4n) is 3.18. The number of aliphatic carboxylic acids is 2. The first-order valence-electron chi connectivity index (χ1n) is 11.4. The summed E-state index contributed by atoms with van der Waals surface area (Å²) in [5.41, 5.74) is 6.11. The van der Waals surface area contributed by atoms with Crippen molar-refractivity contribution in [2.24, 2.45) is 11.7 Å². The summed E-state index contributed by atoms with van der Waals surface area (Å²) in [5, 5.41) is 44.1. The Morgan fingerprint density at radius 2 is 1.50 bits per heavy atom. The Labute approximate surface area is 208 Å². The molecule has 0 saturated carbocycles. The van der Waals surface area contributed by atoms with Crippen LogP contribution in [0.2, 0.25) is 0 Å². The van der Waals surface area contributed by atoms with E-state index in [4.69, 9.17) is 15.9 Å². The van der Waals surface area contributed by atoms with E-state index in [-0.39, 0.29) is 18.6 Å². The molecule has 0 radical (unpaired) electrons. The molecule has 0 aliphatic carbocycles.